The SMILES string of the molecule is CN(C)CCO/N=C1\CCc2cc3c(cc21)CCC3.Cl. The number of rotatable bonds is 4. The number of fused-ring (bicyclic) bond motifs is 2. The van der Waals surface area contributed by atoms with Crippen LogP contribution in [0.1, 0.15) is 35.1 Å². The minimum absolute atomic E-state index is 0. The zero-order valence-electron chi connectivity index (χ0n) is 12.3. The van der Waals surface area contributed by atoms with E-state index in [1.54, 1.807) is 5.56 Å². The van der Waals surface area contributed by atoms with Crippen molar-refractivity contribution in [3.05, 3.63) is 34.4 Å². The highest BCUT2D eigenvalue weighted by molar-refractivity contribution is 6.04. The Bertz CT molecular complexity index is 511. The van der Waals surface area contributed by atoms with E-state index in [-0.39, 0.29) is 12.4 Å². The first-order chi connectivity index (χ1) is 9.24. The fraction of sp³-hybridized carbons (Fsp3) is 0.562. The van der Waals surface area contributed by atoms with E-state index in [0.29, 0.717) is 6.61 Å². The minimum atomic E-state index is 0. The van der Waals surface area contributed by atoms with Crippen molar-refractivity contribution in [2.45, 2.75) is 32.1 Å². The fourth-order valence-electron chi connectivity index (χ4n) is 2.98. The molecule has 4 heteroatoms. The van der Waals surface area contributed by atoms with Crippen LogP contribution >= 0.6 is 12.4 Å². The summed E-state index contributed by atoms with van der Waals surface area (Å²) in [4.78, 5) is 7.56. The van der Waals surface area contributed by atoms with Gasteiger partial charge in [0.2, 0.25) is 0 Å². The van der Waals surface area contributed by atoms with Crippen LogP contribution in [-0.4, -0.2) is 37.9 Å². The molecule has 0 aliphatic heterocycles. The van der Waals surface area contributed by atoms with Gasteiger partial charge in [0.25, 0.3) is 0 Å². The average molecular weight is 295 g/mol. The van der Waals surface area contributed by atoms with E-state index in [1.165, 1.54) is 36.0 Å². The molecule has 2 aliphatic carbocycles. The molecule has 0 atom stereocenters. The van der Waals surface area contributed by atoms with Crippen molar-refractivity contribution in [3.63, 3.8) is 0 Å². The van der Waals surface area contributed by atoms with Gasteiger partial charge in [0, 0.05) is 12.1 Å². The molecular formula is C16H23ClN2O. The number of oxime groups is 1. The molecule has 0 spiro atoms. The topological polar surface area (TPSA) is 24.8 Å². The van der Waals surface area contributed by atoms with Gasteiger partial charge in [-0.05, 0) is 69.0 Å². The molecule has 0 aromatic heterocycles. The Morgan fingerprint density at radius 1 is 1.05 bits per heavy atom. The third-order valence-electron chi connectivity index (χ3n) is 4.06. The van der Waals surface area contributed by atoms with Crippen molar-refractivity contribution in [1.82, 2.24) is 4.90 Å². The summed E-state index contributed by atoms with van der Waals surface area (Å²) in [5, 5.41) is 4.35. The number of nitrogens with zero attached hydrogens (tertiary/aromatic N) is 2. The number of aryl methyl sites for hydroxylation is 3. The molecule has 0 heterocycles. The molecule has 0 fully saturated rings. The first-order valence-corrected chi connectivity index (χ1v) is 7.22. The highest BCUT2D eigenvalue weighted by Crippen LogP contribution is 2.30. The zero-order chi connectivity index (χ0) is 13.2. The van der Waals surface area contributed by atoms with Gasteiger partial charge in [0.05, 0.1) is 5.71 Å². The molecule has 0 saturated heterocycles. The fourth-order valence-corrected chi connectivity index (χ4v) is 2.98. The van der Waals surface area contributed by atoms with E-state index < -0.39 is 0 Å². The largest absolute Gasteiger partial charge is 0.394 e. The number of hydrogen-bond acceptors (Lipinski definition) is 3. The lowest BCUT2D eigenvalue weighted by Gasteiger charge is -2.08. The van der Waals surface area contributed by atoms with Crippen molar-refractivity contribution < 1.29 is 4.84 Å². The van der Waals surface area contributed by atoms with Gasteiger partial charge < -0.3 is 9.74 Å². The van der Waals surface area contributed by atoms with E-state index in [9.17, 15) is 0 Å². The number of hydrogen-bond donors (Lipinski definition) is 0. The molecule has 0 bridgehead atoms. The highest BCUT2D eigenvalue weighted by atomic mass is 35.5. The summed E-state index contributed by atoms with van der Waals surface area (Å²) < 4.78 is 0. The Morgan fingerprint density at radius 3 is 2.55 bits per heavy atom. The maximum Gasteiger partial charge on any atom is 0.129 e. The average Bonchev–Trinajstić information content (AvgIpc) is 2.98. The van der Waals surface area contributed by atoms with Crippen molar-refractivity contribution in [2.75, 3.05) is 27.2 Å². The van der Waals surface area contributed by atoms with E-state index in [1.807, 2.05) is 14.1 Å². The lowest BCUT2D eigenvalue weighted by Crippen LogP contribution is -2.17. The van der Waals surface area contributed by atoms with Crippen LogP contribution in [0.15, 0.2) is 17.3 Å². The standard InChI is InChI=1S/C16H22N2O.ClH/c1-18(2)8-9-19-17-16-7-6-14-10-12-4-3-5-13(12)11-15(14)16;/h10-11H,3-9H2,1-2H3;1H/b17-16+;. The van der Waals surface area contributed by atoms with E-state index in [2.05, 4.69) is 22.2 Å². The van der Waals surface area contributed by atoms with Gasteiger partial charge in [-0.3, -0.25) is 0 Å². The lowest BCUT2D eigenvalue weighted by molar-refractivity contribution is 0.126. The van der Waals surface area contributed by atoms with Gasteiger partial charge in [-0.2, -0.15) is 0 Å². The summed E-state index contributed by atoms with van der Waals surface area (Å²) in [6.07, 6.45) is 5.95. The summed E-state index contributed by atoms with van der Waals surface area (Å²) in [5.74, 6) is 0. The quantitative estimate of drug-likeness (QED) is 0.630. The molecule has 0 radical (unpaired) electrons. The van der Waals surface area contributed by atoms with Crippen molar-refractivity contribution >= 4 is 18.1 Å². The molecule has 0 unspecified atom stereocenters. The van der Waals surface area contributed by atoms with Crippen LogP contribution in [0.2, 0.25) is 0 Å². The molecule has 0 N–H and O–H groups in total. The van der Waals surface area contributed by atoms with Crippen LogP contribution in [0.3, 0.4) is 0 Å². The summed E-state index contributed by atoms with van der Waals surface area (Å²) in [5.41, 5.74) is 7.04. The van der Waals surface area contributed by atoms with Gasteiger partial charge in [-0.1, -0.05) is 11.2 Å². The second-order valence-electron chi connectivity index (χ2n) is 5.81. The predicted molar refractivity (Wildman–Crippen MR) is 85.1 cm³/mol. The van der Waals surface area contributed by atoms with Gasteiger partial charge in [-0.15, -0.1) is 12.4 Å². The Kier molecular flexibility index (Phi) is 5.06. The van der Waals surface area contributed by atoms with Gasteiger partial charge in [0.1, 0.15) is 6.61 Å². The lowest BCUT2D eigenvalue weighted by atomic mass is 10.0. The normalized spacial score (nSPS) is 18.1. The molecule has 3 nitrogen and oxygen atoms in total. The molecule has 3 rings (SSSR count). The molecule has 2 aliphatic rings. The Balaban J connectivity index is 0.00000147. The smallest absolute Gasteiger partial charge is 0.129 e. The third kappa shape index (κ3) is 3.15. The van der Waals surface area contributed by atoms with Crippen LogP contribution in [-0.2, 0) is 24.1 Å². The van der Waals surface area contributed by atoms with E-state index in [4.69, 9.17) is 4.84 Å². The van der Waals surface area contributed by atoms with Gasteiger partial charge in [-0.25, -0.2) is 0 Å². The first kappa shape index (κ1) is 15.3. The van der Waals surface area contributed by atoms with Crippen LogP contribution in [0, 0.1) is 0 Å². The third-order valence-corrected chi connectivity index (χ3v) is 4.06. The van der Waals surface area contributed by atoms with E-state index in [0.717, 1.165) is 25.1 Å². The zero-order valence-corrected chi connectivity index (χ0v) is 13.1. The summed E-state index contributed by atoms with van der Waals surface area (Å²) in [6.45, 7) is 1.57. The Hall–Kier alpha value is -1.06. The molecule has 0 amide bonds. The molecule has 0 saturated carbocycles. The number of halogens is 1. The van der Waals surface area contributed by atoms with Crippen molar-refractivity contribution in [2.24, 2.45) is 5.16 Å². The summed E-state index contributed by atoms with van der Waals surface area (Å²) in [6, 6.07) is 4.76. The second kappa shape index (κ2) is 6.59. The number of likely N-dealkylation sites (N-methyl/N-ethyl adjacent to an activating group) is 1. The monoisotopic (exact) mass is 294 g/mol. The summed E-state index contributed by atoms with van der Waals surface area (Å²) in [7, 11) is 4.09. The molecule has 110 valence electrons. The maximum atomic E-state index is 5.45. The van der Waals surface area contributed by atoms with Crippen molar-refractivity contribution in [3.8, 4) is 0 Å². The minimum Gasteiger partial charge on any atom is -0.394 e. The summed E-state index contributed by atoms with van der Waals surface area (Å²) >= 11 is 0. The van der Waals surface area contributed by atoms with Crippen molar-refractivity contribution in [1.29, 1.82) is 0 Å². The highest BCUT2D eigenvalue weighted by Gasteiger charge is 2.22. The van der Waals surface area contributed by atoms with Gasteiger partial charge in [0.15, 0.2) is 0 Å². The molecule has 1 aromatic rings. The van der Waals surface area contributed by atoms with Crippen LogP contribution in [0.4, 0.5) is 0 Å². The molecular weight excluding hydrogens is 272 g/mol. The van der Waals surface area contributed by atoms with Crippen LogP contribution in [0.5, 0.6) is 0 Å². The maximum absolute atomic E-state index is 5.45. The predicted octanol–water partition coefficient (Wildman–Crippen LogP) is 2.83. The van der Waals surface area contributed by atoms with Crippen LogP contribution < -0.4 is 0 Å². The van der Waals surface area contributed by atoms with Gasteiger partial charge >= 0.3 is 0 Å². The second-order valence-corrected chi connectivity index (χ2v) is 5.81. The van der Waals surface area contributed by atoms with Crippen LogP contribution in [0.25, 0.3) is 0 Å². The number of benzene rings is 1. The molecule has 1 aromatic carbocycles. The molecule has 20 heavy (non-hydrogen) atoms. The van der Waals surface area contributed by atoms with E-state index >= 15 is 0 Å². The Labute approximate surface area is 127 Å². The first-order valence-electron chi connectivity index (χ1n) is 7.22. The Morgan fingerprint density at radius 2 is 1.80 bits per heavy atom.